The lowest BCUT2D eigenvalue weighted by atomic mass is 10.1. The van der Waals surface area contributed by atoms with Crippen LogP contribution in [0, 0.1) is 10.4 Å². The molecule has 1 aromatic carbocycles. The first-order chi connectivity index (χ1) is 11.3. The summed E-state index contributed by atoms with van der Waals surface area (Å²) in [6.45, 7) is 0.355. The quantitative estimate of drug-likeness (QED) is 0.845. The van der Waals surface area contributed by atoms with E-state index < -0.39 is 17.0 Å². The molecule has 0 saturated heterocycles. The fraction of sp³-hybridized carbons (Fsp3) is 0.333. The summed E-state index contributed by atoms with van der Waals surface area (Å²) < 4.78 is 37.8. The summed E-state index contributed by atoms with van der Waals surface area (Å²) in [5, 5.41) is 20.1. The molecule has 0 radical (unpaired) electrons. The molecule has 9 heteroatoms. The van der Waals surface area contributed by atoms with Crippen LogP contribution < -0.4 is 10.1 Å². The average molecular weight is 339 g/mol. The second-order valence-corrected chi connectivity index (χ2v) is 5.61. The van der Waals surface area contributed by atoms with Crippen molar-refractivity contribution in [2.75, 3.05) is 4.90 Å². The molecule has 1 aliphatic rings. The van der Waals surface area contributed by atoms with Gasteiger partial charge < -0.3 is 20.5 Å². The van der Waals surface area contributed by atoms with E-state index in [9.17, 15) is 23.6 Å². The summed E-state index contributed by atoms with van der Waals surface area (Å²) in [6.07, 6.45) is -0.156. The number of aromatic nitrogens is 2. The number of rotatable bonds is 5. The normalized spacial score (nSPS) is 14.9. The second kappa shape index (κ2) is 6.34. The van der Waals surface area contributed by atoms with Crippen LogP contribution in [0.2, 0.25) is 0 Å². The molecule has 0 spiro atoms. The fourth-order valence-electron chi connectivity index (χ4n) is 2.32. The molecule has 1 saturated carbocycles. The Morgan fingerprint density at radius 3 is 2.12 bits per heavy atom. The van der Waals surface area contributed by atoms with Crippen molar-refractivity contribution < 1.29 is 18.4 Å². The van der Waals surface area contributed by atoms with Crippen molar-refractivity contribution in [2.45, 2.75) is 31.6 Å². The predicted molar refractivity (Wildman–Crippen MR) is 80.0 cm³/mol. The Morgan fingerprint density at radius 2 is 1.67 bits per heavy atom. The highest BCUT2D eigenvalue weighted by Crippen LogP contribution is 2.32. The topological polar surface area (TPSA) is 79.6 Å². The largest absolute Gasteiger partial charge is 0.628 e. The van der Waals surface area contributed by atoms with Gasteiger partial charge in [0.25, 0.3) is 0 Å². The van der Waals surface area contributed by atoms with E-state index >= 15 is 0 Å². The van der Waals surface area contributed by atoms with Crippen molar-refractivity contribution >= 4 is 11.6 Å². The van der Waals surface area contributed by atoms with Gasteiger partial charge in [-0.25, -0.2) is 9.97 Å². The van der Waals surface area contributed by atoms with Crippen molar-refractivity contribution in [3.05, 3.63) is 58.2 Å². The van der Waals surface area contributed by atoms with Gasteiger partial charge in [-0.05, 0) is 30.5 Å². The number of nitrogens with zero attached hydrogens (tertiary/aromatic N) is 3. The Kier molecular flexibility index (Phi) is 4.39. The highest BCUT2D eigenvalue weighted by atomic mass is 19.4. The van der Waals surface area contributed by atoms with Crippen molar-refractivity contribution in [1.29, 1.82) is 0 Å². The summed E-state index contributed by atoms with van der Waals surface area (Å²) in [5.74, 6) is 0.349. The van der Waals surface area contributed by atoms with Crippen molar-refractivity contribution in [3.8, 4) is 0 Å². The van der Waals surface area contributed by atoms with Gasteiger partial charge in [0.2, 0.25) is 5.95 Å². The molecule has 24 heavy (non-hydrogen) atoms. The van der Waals surface area contributed by atoms with Gasteiger partial charge >= 0.3 is 6.18 Å². The molecule has 3 rings (SSSR count). The van der Waals surface area contributed by atoms with Gasteiger partial charge in [0, 0.05) is 12.6 Å². The number of halogens is 3. The van der Waals surface area contributed by atoms with Gasteiger partial charge in [0.1, 0.15) is 0 Å². The van der Waals surface area contributed by atoms with Gasteiger partial charge in [-0.1, -0.05) is 12.1 Å². The fourth-order valence-corrected chi connectivity index (χ4v) is 2.32. The zero-order valence-corrected chi connectivity index (χ0v) is 12.5. The van der Waals surface area contributed by atoms with Crippen LogP contribution in [0.1, 0.15) is 24.0 Å². The maximum Gasteiger partial charge on any atom is 0.416 e. The predicted octanol–water partition coefficient (Wildman–Crippen LogP) is 2.18. The summed E-state index contributed by atoms with van der Waals surface area (Å²) in [4.78, 5) is 9.92. The van der Waals surface area contributed by atoms with E-state index in [1.165, 1.54) is 24.5 Å². The van der Waals surface area contributed by atoms with Crippen LogP contribution in [-0.4, -0.2) is 16.0 Å². The van der Waals surface area contributed by atoms with Crippen LogP contribution in [0.5, 0.6) is 0 Å². The van der Waals surface area contributed by atoms with E-state index in [1.807, 2.05) is 4.90 Å². The summed E-state index contributed by atoms with van der Waals surface area (Å²) in [7, 11) is 0. The molecule has 0 bridgehead atoms. The first-order valence-corrected chi connectivity index (χ1v) is 7.31. The first kappa shape index (κ1) is 16.6. The molecule has 1 aromatic heterocycles. The number of quaternary nitrogens is 1. The molecular weight excluding hydrogens is 325 g/mol. The molecule has 1 heterocycles. The van der Waals surface area contributed by atoms with E-state index in [-0.39, 0.29) is 11.7 Å². The van der Waals surface area contributed by atoms with E-state index in [0.29, 0.717) is 18.1 Å². The molecule has 0 aliphatic heterocycles. The highest BCUT2D eigenvalue weighted by Gasteiger charge is 2.32. The molecule has 0 unspecified atom stereocenters. The Bertz CT molecular complexity index is 685. The maximum atomic E-state index is 12.6. The van der Waals surface area contributed by atoms with Crippen LogP contribution >= 0.6 is 0 Å². The highest BCUT2D eigenvalue weighted by molar-refractivity contribution is 5.39. The Labute approximate surface area is 135 Å². The van der Waals surface area contributed by atoms with Gasteiger partial charge in [-0.15, -0.1) is 0 Å². The van der Waals surface area contributed by atoms with E-state index in [2.05, 4.69) is 9.97 Å². The molecule has 1 N–H and O–H groups in total. The summed E-state index contributed by atoms with van der Waals surface area (Å²) >= 11 is 0. The van der Waals surface area contributed by atoms with Gasteiger partial charge in [-0.3, -0.25) is 0 Å². The molecule has 1 aliphatic carbocycles. The molecule has 0 atom stereocenters. The molecule has 1 fully saturated rings. The standard InChI is InChI=1S/C15H14F3N4O2/c16-15(17,18)11-3-1-10(2-4-11)9-21(12-5-6-12)14-19-7-13(8-20-14)22(23)24/h1-4,7-8,12,22H,5-6,9H2/q-1. The van der Waals surface area contributed by atoms with E-state index in [0.717, 1.165) is 25.0 Å². The van der Waals surface area contributed by atoms with Crippen LogP contribution in [0.3, 0.4) is 0 Å². The van der Waals surface area contributed by atoms with Crippen LogP contribution in [0.25, 0.3) is 0 Å². The summed E-state index contributed by atoms with van der Waals surface area (Å²) in [5.41, 5.74) is -0.120. The third kappa shape index (κ3) is 3.81. The Balaban J connectivity index is 1.77. The number of nitrogens with one attached hydrogen (secondary N) is 1. The number of hydrogen-bond acceptors (Lipinski definition) is 5. The zero-order valence-electron chi connectivity index (χ0n) is 12.5. The number of hydrogen-bond donors (Lipinski definition) is 1. The third-order valence-electron chi connectivity index (χ3n) is 3.75. The lowest BCUT2D eigenvalue weighted by Crippen LogP contribution is -2.96. The lowest BCUT2D eigenvalue weighted by molar-refractivity contribution is -0.715. The van der Waals surface area contributed by atoms with Crippen molar-refractivity contribution in [1.82, 2.24) is 9.97 Å². The van der Waals surface area contributed by atoms with E-state index in [1.54, 1.807) is 0 Å². The van der Waals surface area contributed by atoms with E-state index in [4.69, 9.17) is 0 Å². The summed E-state index contributed by atoms with van der Waals surface area (Å²) in [6, 6.07) is 5.14. The Morgan fingerprint density at radius 1 is 1.08 bits per heavy atom. The molecule has 6 nitrogen and oxygen atoms in total. The minimum absolute atomic E-state index is 0.121. The van der Waals surface area contributed by atoms with Crippen LogP contribution in [0.4, 0.5) is 24.8 Å². The average Bonchev–Trinajstić information content (AvgIpc) is 3.37. The smallest absolute Gasteiger partial charge is 0.416 e. The minimum Gasteiger partial charge on any atom is -0.628 e. The maximum absolute atomic E-state index is 12.6. The second-order valence-electron chi connectivity index (χ2n) is 5.61. The van der Waals surface area contributed by atoms with Gasteiger partial charge in [0.05, 0.1) is 18.0 Å². The van der Waals surface area contributed by atoms with Crippen LogP contribution in [0.15, 0.2) is 36.7 Å². The molecule has 0 amide bonds. The third-order valence-corrected chi connectivity index (χ3v) is 3.75. The number of alkyl halides is 3. The molecular formula is C15H14F3N4O2-. The Hall–Kier alpha value is -2.23. The minimum atomic E-state index is -4.36. The zero-order chi connectivity index (χ0) is 17.3. The number of anilines is 1. The van der Waals surface area contributed by atoms with Crippen molar-refractivity contribution in [3.63, 3.8) is 0 Å². The number of benzene rings is 1. The molecule has 2 aromatic rings. The van der Waals surface area contributed by atoms with Gasteiger partial charge in [-0.2, -0.15) is 13.2 Å². The molecule has 128 valence electrons. The van der Waals surface area contributed by atoms with Crippen LogP contribution in [-0.2, 0) is 12.7 Å². The first-order valence-electron chi connectivity index (χ1n) is 7.31. The van der Waals surface area contributed by atoms with Gasteiger partial charge in [0.15, 0.2) is 5.69 Å². The SMILES string of the molecule is [O-][NH+]([O-])c1cnc(N(Cc2ccc(C(F)(F)F)cc2)C2CC2)nc1. The lowest BCUT2D eigenvalue weighted by Gasteiger charge is -2.26. The monoisotopic (exact) mass is 339 g/mol. The van der Waals surface area contributed by atoms with Crippen molar-refractivity contribution in [2.24, 2.45) is 0 Å².